The number of benzene rings is 2. The molecule has 0 aliphatic rings. The van der Waals surface area contributed by atoms with Crippen molar-refractivity contribution in [2.45, 2.75) is 51.6 Å². The number of nitrogens with one attached hydrogen (secondary N) is 2. The highest BCUT2D eigenvalue weighted by Gasteiger charge is 2.31. The van der Waals surface area contributed by atoms with Gasteiger partial charge in [0.05, 0.1) is 10.9 Å². The van der Waals surface area contributed by atoms with Crippen LogP contribution >= 0.6 is 11.6 Å². The van der Waals surface area contributed by atoms with Crippen molar-refractivity contribution in [3.05, 3.63) is 77.2 Å². The Hall–Kier alpha value is -3.12. The molecule has 0 saturated carbocycles. The fourth-order valence-corrected chi connectivity index (χ4v) is 3.87. The van der Waals surface area contributed by atoms with Gasteiger partial charge in [0.2, 0.25) is 5.91 Å². The summed E-state index contributed by atoms with van der Waals surface area (Å²) in [7, 11) is 0. The van der Waals surface area contributed by atoms with Gasteiger partial charge in [-0.25, -0.2) is 9.18 Å². The lowest BCUT2D eigenvalue weighted by Crippen LogP contribution is -2.27. The predicted molar refractivity (Wildman–Crippen MR) is 130 cm³/mol. The Kier molecular flexibility index (Phi) is 7.59. The first-order chi connectivity index (χ1) is 15.6. The van der Waals surface area contributed by atoms with E-state index in [-0.39, 0.29) is 16.6 Å². The van der Waals surface area contributed by atoms with Crippen LogP contribution < -0.4 is 5.32 Å². The van der Waals surface area contributed by atoms with Gasteiger partial charge in [-0.1, -0.05) is 35.9 Å². The van der Waals surface area contributed by atoms with E-state index in [2.05, 4.69) is 16.9 Å². The first-order valence-electron chi connectivity index (χ1n) is 10.8. The maximum absolute atomic E-state index is 13.6. The zero-order chi connectivity index (χ0) is 24.2. The molecule has 1 aromatic heterocycles. The first kappa shape index (κ1) is 24.5. The lowest BCUT2D eigenvalue weighted by Gasteiger charge is -2.22. The van der Waals surface area contributed by atoms with Gasteiger partial charge < -0.3 is 15.0 Å². The molecule has 0 bridgehead atoms. The van der Waals surface area contributed by atoms with Crippen LogP contribution in [0.2, 0.25) is 5.02 Å². The number of allylic oxidation sites excluding steroid dienone is 1. The normalized spacial score (nSPS) is 12.4. The molecule has 0 aliphatic heterocycles. The smallest absolute Gasteiger partial charge is 0.355 e. The predicted octanol–water partition coefficient (Wildman–Crippen LogP) is 6.99. The molecular weight excluding hydrogens is 443 g/mol. The number of esters is 1. The van der Waals surface area contributed by atoms with Crippen molar-refractivity contribution in [1.82, 2.24) is 4.98 Å². The number of aromatic amines is 1. The second kappa shape index (κ2) is 10.2. The number of unbranched alkanes of at least 4 members (excludes halogenated alkanes) is 1. The third kappa shape index (κ3) is 6.02. The number of aromatic nitrogens is 1. The van der Waals surface area contributed by atoms with Crippen LogP contribution in [0.4, 0.5) is 10.1 Å². The summed E-state index contributed by atoms with van der Waals surface area (Å²) in [4.78, 5) is 29.7. The van der Waals surface area contributed by atoms with E-state index < -0.39 is 23.3 Å². The average molecular weight is 471 g/mol. The van der Waals surface area contributed by atoms with Crippen LogP contribution in [-0.2, 0) is 9.53 Å². The molecule has 3 aromatic rings. The Morgan fingerprint density at radius 1 is 1.24 bits per heavy atom. The van der Waals surface area contributed by atoms with E-state index in [1.807, 2.05) is 24.3 Å². The Balaban J connectivity index is 2.06. The number of hydrogen-bond acceptors (Lipinski definition) is 3. The van der Waals surface area contributed by atoms with Crippen molar-refractivity contribution < 1.29 is 18.7 Å². The molecule has 0 aliphatic carbocycles. The fourth-order valence-electron chi connectivity index (χ4n) is 3.69. The maximum atomic E-state index is 13.6. The third-order valence-electron chi connectivity index (χ3n) is 5.10. The largest absolute Gasteiger partial charge is 0.455 e. The Morgan fingerprint density at radius 3 is 2.64 bits per heavy atom. The molecule has 174 valence electrons. The van der Waals surface area contributed by atoms with Gasteiger partial charge in [-0.2, -0.15) is 0 Å². The SMILES string of the molecule is C=CCCCC(C(=O)Nc1ccc(F)c(Cl)c1)c1c(C(=O)OC(C)(C)C)[nH]c2ccccc12. The first-order valence-corrected chi connectivity index (χ1v) is 11.2. The summed E-state index contributed by atoms with van der Waals surface area (Å²) < 4.78 is 19.2. The molecule has 1 atom stereocenters. The zero-order valence-corrected chi connectivity index (χ0v) is 19.8. The van der Waals surface area contributed by atoms with Crippen LogP contribution in [0.1, 0.15) is 62.0 Å². The van der Waals surface area contributed by atoms with Gasteiger partial charge in [0.1, 0.15) is 17.1 Å². The molecule has 1 amide bonds. The number of carbonyl (C=O) groups is 2. The van der Waals surface area contributed by atoms with E-state index in [0.29, 0.717) is 24.1 Å². The number of ether oxygens (including phenoxy) is 1. The molecule has 33 heavy (non-hydrogen) atoms. The third-order valence-corrected chi connectivity index (χ3v) is 5.39. The molecule has 2 aromatic carbocycles. The van der Waals surface area contributed by atoms with Crippen LogP contribution in [0.15, 0.2) is 55.1 Å². The number of para-hydroxylation sites is 1. The molecule has 0 radical (unpaired) electrons. The van der Waals surface area contributed by atoms with Crippen molar-refractivity contribution in [1.29, 1.82) is 0 Å². The second-order valence-corrected chi connectivity index (χ2v) is 9.26. The number of rotatable bonds is 8. The Morgan fingerprint density at radius 2 is 1.97 bits per heavy atom. The minimum absolute atomic E-state index is 0.0856. The molecule has 2 N–H and O–H groups in total. The molecule has 1 heterocycles. The molecule has 0 saturated heterocycles. The second-order valence-electron chi connectivity index (χ2n) is 8.85. The van der Waals surface area contributed by atoms with Gasteiger partial charge in [-0.15, -0.1) is 6.58 Å². The van der Waals surface area contributed by atoms with E-state index >= 15 is 0 Å². The van der Waals surface area contributed by atoms with E-state index in [9.17, 15) is 14.0 Å². The van der Waals surface area contributed by atoms with Gasteiger partial charge in [0, 0.05) is 22.2 Å². The lowest BCUT2D eigenvalue weighted by molar-refractivity contribution is -0.117. The number of fused-ring (bicyclic) bond motifs is 1. The van der Waals surface area contributed by atoms with Crippen LogP contribution in [0, 0.1) is 5.82 Å². The van der Waals surface area contributed by atoms with Crippen LogP contribution in [0.25, 0.3) is 10.9 Å². The summed E-state index contributed by atoms with van der Waals surface area (Å²) in [5.74, 6) is -2.08. The van der Waals surface area contributed by atoms with Gasteiger partial charge in [-0.3, -0.25) is 4.79 Å². The minimum Gasteiger partial charge on any atom is -0.455 e. The van der Waals surface area contributed by atoms with Crippen LogP contribution in [-0.4, -0.2) is 22.5 Å². The lowest BCUT2D eigenvalue weighted by atomic mass is 9.89. The van der Waals surface area contributed by atoms with E-state index in [4.69, 9.17) is 16.3 Å². The fraction of sp³-hybridized carbons (Fsp3) is 0.308. The summed E-state index contributed by atoms with van der Waals surface area (Å²) in [5, 5.41) is 3.51. The zero-order valence-electron chi connectivity index (χ0n) is 19.0. The quantitative estimate of drug-likeness (QED) is 0.211. The number of amides is 1. The highest BCUT2D eigenvalue weighted by atomic mass is 35.5. The number of H-pyrrole nitrogens is 1. The number of halogens is 2. The summed E-state index contributed by atoms with van der Waals surface area (Å²) in [6, 6.07) is 11.4. The Labute approximate surface area is 198 Å². The molecule has 5 nitrogen and oxygen atoms in total. The Bertz CT molecular complexity index is 1180. The average Bonchev–Trinajstić information content (AvgIpc) is 3.12. The monoisotopic (exact) mass is 470 g/mol. The highest BCUT2D eigenvalue weighted by Crippen LogP contribution is 2.35. The van der Waals surface area contributed by atoms with Crippen molar-refractivity contribution in [2.24, 2.45) is 0 Å². The summed E-state index contributed by atoms with van der Waals surface area (Å²) >= 11 is 5.88. The summed E-state index contributed by atoms with van der Waals surface area (Å²) in [6.45, 7) is 9.13. The molecule has 0 spiro atoms. The number of anilines is 1. The standard InChI is InChI=1S/C26H28ClFN2O3/c1-5-6-7-11-18(24(31)29-16-13-14-20(28)19(27)15-16)22-17-10-8-9-12-21(17)30-23(22)25(32)33-26(2,3)4/h5,8-10,12-15,18,30H,1,6-7,11H2,2-4H3,(H,29,31). The van der Waals surface area contributed by atoms with Crippen molar-refractivity contribution in [3.63, 3.8) is 0 Å². The van der Waals surface area contributed by atoms with Crippen molar-refractivity contribution in [3.8, 4) is 0 Å². The molecular formula is C26H28ClFN2O3. The van der Waals surface area contributed by atoms with Crippen LogP contribution in [0.3, 0.4) is 0 Å². The molecule has 1 unspecified atom stereocenters. The summed E-state index contributed by atoms with van der Waals surface area (Å²) in [5.41, 5.74) is 1.24. The molecule has 7 heteroatoms. The van der Waals surface area contributed by atoms with Gasteiger partial charge in [0.15, 0.2) is 0 Å². The molecule has 0 fully saturated rings. The van der Waals surface area contributed by atoms with Crippen molar-refractivity contribution >= 4 is 40.1 Å². The maximum Gasteiger partial charge on any atom is 0.355 e. The molecule has 3 rings (SSSR count). The van der Waals surface area contributed by atoms with Gasteiger partial charge >= 0.3 is 5.97 Å². The summed E-state index contributed by atoms with van der Waals surface area (Å²) in [6.07, 6.45) is 3.68. The number of hydrogen-bond donors (Lipinski definition) is 2. The van der Waals surface area contributed by atoms with Gasteiger partial charge in [0.25, 0.3) is 0 Å². The number of carbonyl (C=O) groups excluding carboxylic acids is 2. The highest BCUT2D eigenvalue weighted by molar-refractivity contribution is 6.31. The topological polar surface area (TPSA) is 71.2 Å². The minimum atomic E-state index is -0.697. The van der Waals surface area contributed by atoms with Crippen molar-refractivity contribution in [2.75, 3.05) is 5.32 Å². The van der Waals surface area contributed by atoms with E-state index in [1.165, 1.54) is 18.2 Å². The van der Waals surface area contributed by atoms with E-state index in [1.54, 1.807) is 26.8 Å². The van der Waals surface area contributed by atoms with Crippen LogP contribution in [0.5, 0.6) is 0 Å². The van der Waals surface area contributed by atoms with Gasteiger partial charge in [-0.05, 0) is 64.3 Å². The van der Waals surface area contributed by atoms with E-state index in [0.717, 1.165) is 17.3 Å².